The SMILES string of the molecule is CC1(COC(=O)/C=C/C(=O)I)COC(=O)N1. The second-order valence-electron chi connectivity index (χ2n) is 3.51. The zero-order valence-corrected chi connectivity index (χ0v) is 10.6. The first-order chi connectivity index (χ1) is 7.41. The van der Waals surface area contributed by atoms with E-state index < -0.39 is 17.6 Å². The van der Waals surface area contributed by atoms with Crippen molar-refractivity contribution in [1.82, 2.24) is 5.32 Å². The molecule has 1 amide bonds. The molecule has 1 unspecified atom stereocenters. The Hall–Kier alpha value is -1.12. The van der Waals surface area contributed by atoms with Crippen LogP contribution in [-0.4, -0.2) is 34.6 Å². The van der Waals surface area contributed by atoms with E-state index >= 15 is 0 Å². The van der Waals surface area contributed by atoms with Gasteiger partial charge in [-0.25, -0.2) is 9.59 Å². The molecule has 0 aromatic rings. The van der Waals surface area contributed by atoms with Crippen molar-refractivity contribution in [3.8, 4) is 0 Å². The average Bonchev–Trinajstić information content (AvgIpc) is 2.53. The number of alkyl carbamates (subject to hydrolysis) is 1. The maximum atomic E-state index is 11.1. The summed E-state index contributed by atoms with van der Waals surface area (Å²) >= 11 is 1.54. The van der Waals surface area contributed by atoms with Crippen molar-refractivity contribution >= 4 is 38.4 Å². The van der Waals surface area contributed by atoms with Crippen LogP contribution in [0.4, 0.5) is 4.79 Å². The highest BCUT2D eigenvalue weighted by atomic mass is 127. The molecule has 0 aromatic heterocycles. The number of amides is 1. The summed E-state index contributed by atoms with van der Waals surface area (Å²) in [4.78, 5) is 32.4. The number of cyclic esters (lactones) is 1. The summed E-state index contributed by atoms with van der Waals surface area (Å²) in [7, 11) is 0. The number of carbonyl (C=O) groups is 3. The molecule has 0 radical (unpaired) electrons. The summed E-state index contributed by atoms with van der Waals surface area (Å²) in [6.07, 6.45) is 1.61. The molecule has 0 saturated carbocycles. The maximum absolute atomic E-state index is 11.1. The number of hydrogen-bond acceptors (Lipinski definition) is 5. The summed E-state index contributed by atoms with van der Waals surface area (Å²) in [5, 5.41) is 2.52. The Balaban J connectivity index is 2.37. The van der Waals surface area contributed by atoms with Gasteiger partial charge < -0.3 is 14.8 Å². The van der Waals surface area contributed by atoms with Crippen LogP contribution in [-0.2, 0) is 19.1 Å². The molecule has 7 heteroatoms. The molecule has 1 atom stereocenters. The topological polar surface area (TPSA) is 81.7 Å². The largest absolute Gasteiger partial charge is 0.460 e. The van der Waals surface area contributed by atoms with Gasteiger partial charge in [-0.1, -0.05) is 0 Å². The summed E-state index contributed by atoms with van der Waals surface area (Å²) in [6.45, 7) is 1.84. The van der Waals surface area contributed by atoms with Crippen molar-refractivity contribution in [2.75, 3.05) is 13.2 Å². The summed E-state index contributed by atoms with van der Waals surface area (Å²) in [6, 6.07) is 0. The van der Waals surface area contributed by atoms with Crippen LogP contribution < -0.4 is 5.32 Å². The van der Waals surface area contributed by atoms with E-state index in [1.165, 1.54) is 22.6 Å². The first-order valence-corrected chi connectivity index (χ1v) is 5.48. The third kappa shape index (κ3) is 4.17. The van der Waals surface area contributed by atoms with E-state index in [-0.39, 0.29) is 17.0 Å². The fourth-order valence-corrected chi connectivity index (χ4v) is 1.21. The van der Waals surface area contributed by atoms with Gasteiger partial charge in [0, 0.05) is 28.7 Å². The summed E-state index contributed by atoms with van der Waals surface area (Å²) < 4.78 is 9.27. The number of halogens is 1. The minimum absolute atomic E-state index is 0.00263. The third-order valence-corrected chi connectivity index (χ3v) is 2.17. The van der Waals surface area contributed by atoms with E-state index in [0.29, 0.717) is 0 Å². The van der Waals surface area contributed by atoms with E-state index in [4.69, 9.17) is 4.74 Å². The highest BCUT2D eigenvalue weighted by Gasteiger charge is 2.36. The molecule has 0 aromatic carbocycles. The molecule has 1 saturated heterocycles. The summed E-state index contributed by atoms with van der Waals surface area (Å²) in [5.41, 5.74) is -0.699. The number of nitrogens with one attached hydrogen (secondary N) is 1. The monoisotopic (exact) mass is 339 g/mol. The van der Waals surface area contributed by atoms with Crippen LogP contribution in [0.2, 0.25) is 0 Å². The lowest BCUT2D eigenvalue weighted by molar-refractivity contribution is -0.139. The number of hydrogen-bond donors (Lipinski definition) is 1. The van der Waals surface area contributed by atoms with E-state index in [1.54, 1.807) is 6.92 Å². The molecular formula is C9H10INO5. The van der Waals surface area contributed by atoms with Crippen molar-refractivity contribution in [2.45, 2.75) is 12.5 Å². The van der Waals surface area contributed by atoms with Gasteiger partial charge in [-0.15, -0.1) is 0 Å². The molecule has 1 aliphatic rings. The van der Waals surface area contributed by atoms with Crippen molar-refractivity contribution < 1.29 is 23.9 Å². The second-order valence-corrected chi connectivity index (χ2v) is 4.57. The lowest BCUT2D eigenvalue weighted by Gasteiger charge is -2.19. The van der Waals surface area contributed by atoms with Crippen LogP contribution >= 0.6 is 22.6 Å². The number of ether oxygens (including phenoxy) is 2. The Labute approximate surface area is 105 Å². The minimum Gasteiger partial charge on any atom is -0.460 e. The van der Waals surface area contributed by atoms with Crippen molar-refractivity contribution in [3.63, 3.8) is 0 Å². The van der Waals surface area contributed by atoms with Crippen molar-refractivity contribution in [2.24, 2.45) is 0 Å². The average molecular weight is 339 g/mol. The Morgan fingerprint density at radius 2 is 2.31 bits per heavy atom. The molecule has 1 aliphatic heterocycles. The molecule has 0 spiro atoms. The van der Waals surface area contributed by atoms with E-state index in [1.807, 2.05) is 0 Å². The minimum atomic E-state index is -0.699. The first-order valence-electron chi connectivity index (χ1n) is 4.40. The van der Waals surface area contributed by atoms with Crippen molar-refractivity contribution in [1.29, 1.82) is 0 Å². The van der Waals surface area contributed by atoms with E-state index in [9.17, 15) is 14.4 Å². The van der Waals surface area contributed by atoms with Gasteiger partial charge >= 0.3 is 12.1 Å². The van der Waals surface area contributed by atoms with Crippen LogP contribution in [0, 0.1) is 0 Å². The molecule has 0 bridgehead atoms. The standard InChI is InChI=1S/C9H10INO5/c1-9(5-16-8(14)11-9)4-15-7(13)3-2-6(10)12/h2-3H,4-5H2,1H3,(H,11,14)/b3-2+. The predicted molar refractivity (Wildman–Crippen MR) is 62.0 cm³/mol. The molecule has 16 heavy (non-hydrogen) atoms. The van der Waals surface area contributed by atoms with Gasteiger partial charge in [0.1, 0.15) is 18.8 Å². The van der Waals surface area contributed by atoms with Crippen LogP contribution in [0.25, 0.3) is 0 Å². The number of rotatable bonds is 4. The Kier molecular flexibility index (Phi) is 4.27. The van der Waals surface area contributed by atoms with Crippen LogP contribution in [0.1, 0.15) is 6.92 Å². The second kappa shape index (κ2) is 5.28. The van der Waals surface area contributed by atoms with Crippen LogP contribution in [0.5, 0.6) is 0 Å². The molecule has 1 fully saturated rings. The first kappa shape index (κ1) is 12.9. The van der Waals surface area contributed by atoms with Gasteiger partial charge in [-0.05, 0) is 13.0 Å². The Morgan fingerprint density at radius 3 is 2.81 bits per heavy atom. The van der Waals surface area contributed by atoms with Gasteiger partial charge in [-0.3, -0.25) is 4.79 Å². The smallest absolute Gasteiger partial charge is 0.407 e. The zero-order valence-electron chi connectivity index (χ0n) is 8.49. The Morgan fingerprint density at radius 1 is 1.62 bits per heavy atom. The number of carbonyl (C=O) groups excluding carboxylic acids is 3. The maximum Gasteiger partial charge on any atom is 0.407 e. The highest BCUT2D eigenvalue weighted by molar-refractivity contribution is 14.1. The number of esters is 1. The highest BCUT2D eigenvalue weighted by Crippen LogP contribution is 2.12. The normalized spacial score (nSPS) is 24.0. The van der Waals surface area contributed by atoms with Crippen LogP contribution in [0.15, 0.2) is 12.2 Å². The molecule has 6 nitrogen and oxygen atoms in total. The molecular weight excluding hydrogens is 329 g/mol. The van der Waals surface area contributed by atoms with Gasteiger partial charge in [0.2, 0.25) is 3.79 Å². The molecule has 88 valence electrons. The molecule has 1 N–H and O–H groups in total. The molecule has 1 rings (SSSR count). The van der Waals surface area contributed by atoms with Gasteiger partial charge in [0.05, 0.1) is 0 Å². The fraction of sp³-hybridized carbons (Fsp3) is 0.444. The van der Waals surface area contributed by atoms with E-state index in [2.05, 4.69) is 10.1 Å². The quantitative estimate of drug-likeness (QED) is 0.350. The van der Waals surface area contributed by atoms with Crippen molar-refractivity contribution in [3.05, 3.63) is 12.2 Å². The lowest BCUT2D eigenvalue weighted by atomic mass is 10.1. The summed E-state index contributed by atoms with van der Waals surface area (Å²) in [5.74, 6) is -0.632. The van der Waals surface area contributed by atoms with Crippen LogP contribution in [0.3, 0.4) is 0 Å². The fourth-order valence-electron chi connectivity index (χ4n) is 1.03. The van der Waals surface area contributed by atoms with Gasteiger partial charge in [0.25, 0.3) is 0 Å². The molecule has 0 aliphatic carbocycles. The van der Waals surface area contributed by atoms with E-state index in [0.717, 1.165) is 12.2 Å². The number of allylic oxidation sites excluding steroid dienone is 1. The zero-order chi connectivity index (χ0) is 12.2. The predicted octanol–water partition coefficient (Wildman–Crippen LogP) is 0.546. The van der Waals surface area contributed by atoms with Gasteiger partial charge in [-0.2, -0.15) is 0 Å². The Bertz CT molecular complexity index is 354. The molecule has 1 heterocycles. The van der Waals surface area contributed by atoms with Gasteiger partial charge in [0.15, 0.2) is 0 Å². The third-order valence-electron chi connectivity index (χ3n) is 1.81. The lowest BCUT2D eigenvalue weighted by Crippen LogP contribution is -2.45.